The SMILES string of the molecule is C1=Cc2ccc3cccc4c3c2C(=CC4)C1.CC.CC.Cc1cn(C)nn1. The van der Waals surface area contributed by atoms with Crippen molar-refractivity contribution in [3.63, 3.8) is 0 Å². The van der Waals surface area contributed by atoms with Crippen molar-refractivity contribution < 1.29 is 0 Å². The lowest BCUT2D eigenvalue weighted by Gasteiger charge is -2.22. The molecule has 142 valence electrons. The smallest absolute Gasteiger partial charge is 0.0796 e. The monoisotopic (exact) mass is 361 g/mol. The van der Waals surface area contributed by atoms with Crippen LogP contribution in [0.1, 0.15) is 56.5 Å². The second-order valence-electron chi connectivity index (χ2n) is 6.12. The molecule has 0 N–H and O–H groups in total. The zero-order valence-corrected chi connectivity index (χ0v) is 17.5. The van der Waals surface area contributed by atoms with E-state index in [0.717, 1.165) is 18.5 Å². The number of aromatic nitrogens is 3. The Kier molecular flexibility index (Phi) is 7.54. The van der Waals surface area contributed by atoms with Gasteiger partial charge < -0.3 is 0 Å². The van der Waals surface area contributed by atoms with E-state index < -0.39 is 0 Å². The molecule has 0 saturated heterocycles. The van der Waals surface area contributed by atoms with E-state index in [1.54, 1.807) is 4.68 Å². The van der Waals surface area contributed by atoms with E-state index >= 15 is 0 Å². The van der Waals surface area contributed by atoms with Crippen LogP contribution in [0.5, 0.6) is 0 Å². The second kappa shape index (κ2) is 9.86. The van der Waals surface area contributed by atoms with Crippen LogP contribution >= 0.6 is 0 Å². The zero-order chi connectivity index (χ0) is 19.8. The number of allylic oxidation sites excluding steroid dienone is 3. The van der Waals surface area contributed by atoms with E-state index in [-0.39, 0.29) is 0 Å². The molecule has 2 aromatic carbocycles. The molecule has 0 unspecified atom stereocenters. The third-order valence-corrected chi connectivity index (χ3v) is 4.41. The molecular formula is C24H31N3. The van der Waals surface area contributed by atoms with Crippen LogP contribution < -0.4 is 0 Å². The van der Waals surface area contributed by atoms with Crippen LogP contribution in [0, 0.1) is 6.92 Å². The lowest BCUT2D eigenvalue weighted by molar-refractivity contribution is 0.714. The van der Waals surface area contributed by atoms with Crippen molar-refractivity contribution in [3.05, 3.63) is 71.1 Å². The van der Waals surface area contributed by atoms with Crippen LogP contribution in [0.4, 0.5) is 0 Å². The average molecular weight is 362 g/mol. The van der Waals surface area contributed by atoms with Crippen molar-refractivity contribution in [1.29, 1.82) is 0 Å². The number of benzene rings is 2. The van der Waals surface area contributed by atoms with Gasteiger partial charge in [-0.3, -0.25) is 4.68 Å². The van der Waals surface area contributed by atoms with E-state index in [4.69, 9.17) is 0 Å². The molecule has 5 rings (SSSR count). The number of hydrogen-bond donors (Lipinski definition) is 0. The zero-order valence-electron chi connectivity index (χ0n) is 17.5. The molecule has 0 fully saturated rings. The van der Waals surface area contributed by atoms with Crippen LogP contribution in [-0.4, -0.2) is 15.0 Å². The molecule has 0 atom stereocenters. The molecule has 0 radical (unpaired) electrons. The van der Waals surface area contributed by atoms with Crippen LogP contribution in [0.3, 0.4) is 0 Å². The minimum atomic E-state index is 0.961. The molecule has 0 saturated carbocycles. The standard InChI is InChI=1S/C16H12.C4H7N3.2C2H6/c1-3-11-7-9-13-5-2-6-14-10-8-12(4-1)15(11)16(13)14;1-4-3-7(2)6-5-4;2*1-2/h1-5,7,9-10H,6,8H2;3H,1-2H3;2*1-2H3. The quantitative estimate of drug-likeness (QED) is 0.465. The molecular weight excluding hydrogens is 330 g/mol. The van der Waals surface area contributed by atoms with E-state index in [9.17, 15) is 0 Å². The fourth-order valence-electron chi connectivity index (χ4n) is 3.42. The molecule has 2 aliphatic carbocycles. The molecule has 3 heteroatoms. The second-order valence-corrected chi connectivity index (χ2v) is 6.12. The summed E-state index contributed by atoms with van der Waals surface area (Å²) in [6, 6.07) is 11.1. The normalized spacial score (nSPS) is 12.6. The van der Waals surface area contributed by atoms with Crippen molar-refractivity contribution in [2.24, 2.45) is 7.05 Å². The van der Waals surface area contributed by atoms with Crippen LogP contribution in [0.2, 0.25) is 0 Å². The number of aryl methyl sites for hydroxylation is 2. The predicted molar refractivity (Wildman–Crippen MR) is 118 cm³/mol. The average Bonchev–Trinajstić information content (AvgIpc) is 3.12. The minimum Gasteiger partial charge on any atom is -0.255 e. The van der Waals surface area contributed by atoms with Gasteiger partial charge in [0.25, 0.3) is 0 Å². The van der Waals surface area contributed by atoms with Crippen LogP contribution in [0.15, 0.2) is 48.7 Å². The van der Waals surface area contributed by atoms with Gasteiger partial charge in [-0.15, -0.1) is 5.10 Å². The Hall–Kier alpha value is -2.68. The number of hydrogen-bond acceptors (Lipinski definition) is 2. The van der Waals surface area contributed by atoms with Crippen molar-refractivity contribution in [2.45, 2.75) is 47.5 Å². The van der Waals surface area contributed by atoms with E-state index in [1.165, 1.54) is 33.0 Å². The summed E-state index contributed by atoms with van der Waals surface area (Å²) in [5.74, 6) is 0. The van der Waals surface area contributed by atoms with E-state index in [2.05, 4.69) is 58.9 Å². The first-order chi connectivity index (χ1) is 13.2. The summed E-state index contributed by atoms with van der Waals surface area (Å²) in [7, 11) is 1.85. The highest BCUT2D eigenvalue weighted by Gasteiger charge is 2.18. The largest absolute Gasteiger partial charge is 0.255 e. The van der Waals surface area contributed by atoms with Crippen molar-refractivity contribution >= 4 is 22.4 Å². The van der Waals surface area contributed by atoms with Gasteiger partial charge in [0, 0.05) is 13.2 Å². The van der Waals surface area contributed by atoms with Crippen molar-refractivity contribution in [1.82, 2.24) is 15.0 Å². The highest BCUT2D eigenvalue weighted by Crippen LogP contribution is 2.39. The molecule has 0 spiro atoms. The van der Waals surface area contributed by atoms with Gasteiger partial charge in [0.1, 0.15) is 0 Å². The Morgan fingerprint density at radius 3 is 2.37 bits per heavy atom. The van der Waals surface area contributed by atoms with Gasteiger partial charge >= 0.3 is 0 Å². The maximum Gasteiger partial charge on any atom is 0.0796 e. The Balaban J connectivity index is 0.000000201. The summed E-state index contributed by atoms with van der Waals surface area (Å²) in [5, 5.41) is 10.3. The summed E-state index contributed by atoms with van der Waals surface area (Å²) < 4.78 is 1.68. The molecule has 27 heavy (non-hydrogen) atoms. The van der Waals surface area contributed by atoms with E-state index in [1.807, 2.05) is 47.9 Å². The van der Waals surface area contributed by atoms with Gasteiger partial charge in [-0.1, -0.05) is 81.5 Å². The molecule has 0 aliphatic heterocycles. The topological polar surface area (TPSA) is 30.7 Å². The van der Waals surface area contributed by atoms with Gasteiger partial charge in [-0.25, -0.2) is 0 Å². The van der Waals surface area contributed by atoms with Gasteiger partial charge in [0.15, 0.2) is 0 Å². The van der Waals surface area contributed by atoms with Gasteiger partial charge in [-0.2, -0.15) is 0 Å². The van der Waals surface area contributed by atoms with Crippen molar-refractivity contribution in [2.75, 3.05) is 0 Å². The Bertz CT molecular complexity index is 929. The summed E-state index contributed by atoms with van der Waals surface area (Å²) in [6.45, 7) is 9.91. The third kappa shape index (κ3) is 4.54. The maximum absolute atomic E-state index is 3.73. The number of rotatable bonds is 0. The fourth-order valence-corrected chi connectivity index (χ4v) is 3.42. The fraction of sp³-hybridized carbons (Fsp3) is 0.333. The predicted octanol–water partition coefficient (Wildman–Crippen LogP) is 6.37. The van der Waals surface area contributed by atoms with Gasteiger partial charge in [-0.05, 0) is 52.8 Å². The Morgan fingerprint density at radius 1 is 0.963 bits per heavy atom. The lowest BCUT2D eigenvalue weighted by atomic mass is 9.82. The summed E-state index contributed by atoms with van der Waals surface area (Å²) >= 11 is 0. The summed E-state index contributed by atoms with van der Waals surface area (Å²) in [5.41, 5.74) is 6.83. The summed E-state index contributed by atoms with van der Waals surface area (Å²) in [6.07, 6.45) is 11.0. The Morgan fingerprint density at radius 2 is 1.74 bits per heavy atom. The maximum atomic E-state index is 3.73. The molecule has 0 amide bonds. The summed E-state index contributed by atoms with van der Waals surface area (Å²) in [4.78, 5) is 0. The highest BCUT2D eigenvalue weighted by atomic mass is 15.4. The van der Waals surface area contributed by atoms with Crippen molar-refractivity contribution in [3.8, 4) is 0 Å². The molecule has 2 aliphatic rings. The molecule has 1 heterocycles. The first kappa shape index (κ1) is 20.6. The van der Waals surface area contributed by atoms with E-state index in [0.29, 0.717) is 0 Å². The third-order valence-electron chi connectivity index (χ3n) is 4.41. The molecule has 1 aromatic heterocycles. The number of nitrogens with zero attached hydrogens (tertiary/aromatic N) is 3. The van der Waals surface area contributed by atoms with Crippen LogP contribution in [0.25, 0.3) is 22.4 Å². The first-order valence-electron chi connectivity index (χ1n) is 9.96. The lowest BCUT2D eigenvalue weighted by Crippen LogP contribution is -2.02. The van der Waals surface area contributed by atoms with Crippen LogP contribution in [-0.2, 0) is 13.5 Å². The molecule has 0 bridgehead atoms. The molecule has 3 nitrogen and oxygen atoms in total. The Labute approximate surface area is 163 Å². The highest BCUT2D eigenvalue weighted by molar-refractivity contribution is 6.02. The van der Waals surface area contributed by atoms with Gasteiger partial charge in [0.05, 0.1) is 5.69 Å². The van der Waals surface area contributed by atoms with Gasteiger partial charge in [0.2, 0.25) is 0 Å². The first-order valence-corrected chi connectivity index (χ1v) is 9.96. The minimum absolute atomic E-state index is 0.961. The molecule has 3 aromatic rings.